The Morgan fingerprint density at radius 2 is 2.04 bits per heavy atom. The van der Waals surface area contributed by atoms with Gasteiger partial charge < -0.3 is 4.74 Å². The second-order valence-electron chi connectivity index (χ2n) is 7.66. The minimum absolute atomic E-state index is 0.0399. The Morgan fingerprint density at radius 3 is 2.71 bits per heavy atom. The van der Waals surface area contributed by atoms with Gasteiger partial charge in [-0.2, -0.15) is 0 Å². The third-order valence-corrected chi connectivity index (χ3v) is 6.27. The minimum Gasteiger partial charge on any atom is -0.423 e. The van der Waals surface area contributed by atoms with Crippen LogP contribution in [0, 0.1) is 23.7 Å². The number of pyridine rings is 1. The van der Waals surface area contributed by atoms with E-state index >= 15 is 0 Å². The lowest BCUT2D eigenvalue weighted by Gasteiger charge is -2.33. The molecule has 2 bridgehead atoms. The summed E-state index contributed by atoms with van der Waals surface area (Å²) in [5.74, 6) is 0.353. The van der Waals surface area contributed by atoms with Crippen molar-refractivity contribution in [3.8, 4) is 5.75 Å². The number of ether oxygens (including phenoxy) is 1. The third-order valence-electron chi connectivity index (χ3n) is 6.27. The van der Waals surface area contributed by atoms with Crippen molar-refractivity contribution >= 4 is 22.7 Å². The van der Waals surface area contributed by atoms with Gasteiger partial charge >= 0.3 is 5.97 Å². The first kappa shape index (κ1) is 15.3. The molecular formula is C20H21NO3. The Kier molecular flexibility index (Phi) is 3.11. The molecule has 2 aromatic rings. The number of rotatable bonds is 2. The number of esters is 1. The maximum absolute atomic E-state index is 13.1. The van der Waals surface area contributed by atoms with Crippen LogP contribution in [0.15, 0.2) is 30.3 Å². The molecule has 4 heteroatoms. The summed E-state index contributed by atoms with van der Waals surface area (Å²) < 4.78 is 5.77. The lowest BCUT2D eigenvalue weighted by molar-refractivity contribution is -0.156. The van der Waals surface area contributed by atoms with Crippen LogP contribution in [-0.4, -0.2) is 16.7 Å². The summed E-state index contributed by atoms with van der Waals surface area (Å²) in [5.41, 5.74) is 0.195. The number of fused-ring (bicyclic) bond motifs is 3. The van der Waals surface area contributed by atoms with Crippen molar-refractivity contribution < 1.29 is 14.3 Å². The van der Waals surface area contributed by atoms with Crippen LogP contribution in [0.1, 0.15) is 38.8 Å². The van der Waals surface area contributed by atoms with Gasteiger partial charge in [0.2, 0.25) is 0 Å². The Balaban J connectivity index is 1.75. The molecule has 2 saturated carbocycles. The summed E-state index contributed by atoms with van der Waals surface area (Å²) in [4.78, 5) is 30.2. The molecule has 0 amide bonds. The highest BCUT2D eigenvalue weighted by Crippen LogP contribution is 2.64. The number of Topliss-reactive ketones (excluding diaryl/α,β-unsaturated/α-hetero) is 1. The number of hydrogen-bond acceptors (Lipinski definition) is 4. The van der Waals surface area contributed by atoms with Gasteiger partial charge in [-0.05, 0) is 43.2 Å². The molecule has 2 atom stereocenters. The van der Waals surface area contributed by atoms with E-state index in [1.165, 1.54) is 0 Å². The largest absolute Gasteiger partial charge is 0.423 e. The maximum atomic E-state index is 13.1. The molecule has 4 rings (SSSR count). The van der Waals surface area contributed by atoms with Gasteiger partial charge in [-0.3, -0.25) is 9.59 Å². The molecule has 4 nitrogen and oxygen atoms in total. The second kappa shape index (κ2) is 4.88. The molecule has 124 valence electrons. The number of carbonyl (C=O) groups is 2. The molecule has 0 spiro atoms. The van der Waals surface area contributed by atoms with Crippen LogP contribution >= 0.6 is 0 Å². The van der Waals surface area contributed by atoms with Crippen molar-refractivity contribution in [1.82, 2.24) is 4.98 Å². The zero-order chi connectivity index (χ0) is 17.1. The van der Waals surface area contributed by atoms with Gasteiger partial charge in [0.15, 0.2) is 11.5 Å². The quantitative estimate of drug-likeness (QED) is 0.478. The number of nitrogens with zero attached hydrogens (tertiary/aromatic N) is 1. The van der Waals surface area contributed by atoms with Gasteiger partial charge in [0.05, 0.1) is 0 Å². The summed E-state index contributed by atoms with van der Waals surface area (Å²) in [7, 11) is 0. The Morgan fingerprint density at radius 1 is 1.25 bits per heavy atom. The number of aryl methyl sites for hydroxylation is 1. The molecule has 24 heavy (non-hydrogen) atoms. The summed E-state index contributed by atoms with van der Waals surface area (Å²) >= 11 is 0. The molecule has 0 aliphatic heterocycles. The Labute approximate surface area is 141 Å². The van der Waals surface area contributed by atoms with E-state index in [9.17, 15) is 9.59 Å². The fourth-order valence-electron chi connectivity index (χ4n) is 4.64. The average molecular weight is 323 g/mol. The number of aromatic nitrogens is 1. The van der Waals surface area contributed by atoms with E-state index in [4.69, 9.17) is 4.74 Å². The summed E-state index contributed by atoms with van der Waals surface area (Å²) in [6.45, 7) is 5.96. The van der Waals surface area contributed by atoms with E-state index in [0.717, 1.165) is 17.5 Å². The van der Waals surface area contributed by atoms with Crippen molar-refractivity contribution in [2.75, 3.05) is 0 Å². The van der Waals surface area contributed by atoms with Gasteiger partial charge in [-0.1, -0.05) is 32.0 Å². The predicted octanol–water partition coefficient (Wildman–Crippen LogP) is 3.84. The third kappa shape index (κ3) is 1.83. The van der Waals surface area contributed by atoms with Crippen molar-refractivity contribution in [2.24, 2.45) is 16.7 Å². The number of ketones is 1. The SMILES string of the molecule is Cc1ccc2cccc(OC(=O)C34CCC(CC3=O)C4(C)C)c2n1. The molecule has 1 aromatic carbocycles. The fourth-order valence-corrected chi connectivity index (χ4v) is 4.64. The van der Waals surface area contributed by atoms with Gasteiger partial charge in [0.1, 0.15) is 10.9 Å². The van der Waals surface area contributed by atoms with Crippen LogP contribution in [-0.2, 0) is 9.59 Å². The highest BCUT2D eigenvalue weighted by Gasteiger charge is 2.69. The molecule has 2 fully saturated rings. The zero-order valence-electron chi connectivity index (χ0n) is 14.3. The summed E-state index contributed by atoms with van der Waals surface area (Å²) in [5, 5.41) is 0.921. The Bertz CT molecular complexity index is 870. The number of hydrogen-bond donors (Lipinski definition) is 0. The highest BCUT2D eigenvalue weighted by molar-refractivity contribution is 6.08. The van der Waals surface area contributed by atoms with Crippen molar-refractivity contribution in [1.29, 1.82) is 0 Å². The van der Waals surface area contributed by atoms with Gasteiger partial charge in [-0.25, -0.2) is 4.98 Å². The lowest BCUT2D eigenvalue weighted by Crippen LogP contribution is -2.45. The summed E-state index contributed by atoms with van der Waals surface area (Å²) in [6.07, 6.45) is 2.01. The molecule has 1 aromatic heterocycles. The fraction of sp³-hybridized carbons (Fsp3) is 0.450. The second-order valence-corrected chi connectivity index (χ2v) is 7.66. The monoisotopic (exact) mass is 323 g/mol. The van der Waals surface area contributed by atoms with Gasteiger partial charge in [0, 0.05) is 17.5 Å². The highest BCUT2D eigenvalue weighted by atomic mass is 16.5. The molecule has 0 saturated heterocycles. The van der Waals surface area contributed by atoms with Gasteiger partial charge in [-0.15, -0.1) is 0 Å². The lowest BCUT2D eigenvalue weighted by atomic mass is 9.69. The molecule has 2 aliphatic rings. The zero-order valence-corrected chi connectivity index (χ0v) is 14.3. The summed E-state index contributed by atoms with van der Waals surface area (Å²) in [6, 6.07) is 9.43. The number of benzene rings is 1. The standard InChI is InChI=1S/C20H21NO3/c1-12-7-8-13-5-4-6-15(17(13)21-12)24-18(23)20-10-9-14(11-16(20)22)19(20,2)3/h4-8,14H,9-11H2,1-3H3. The van der Waals surface area contributed by atoms with E-state index in [1.807, 2.05) is 45.0 Å². The molecule has 2 unspecified atom stereocenters. The molecule has 0 N–H and O–H groups in total. The maximum Gasteiger partial charge on any atom is 0.325 e. The number of carbonyl (C=O) groups excluding carboxylic acids is 2. The van der Waals surface area contributed by atoms with Crippen molar-refractivity contribution in [2.45, 2.75) is 40.0 Å². The van der Waals surface area contributed by atoms with Crippen LogP contribution in [0.25, 0.3) is 10.9 Å². The Hall–Kier alpha value is -2.23. The molecule has 0 radical (unpaired) electrons. The van der Waals surface area contributed by atoms with E-state index in [0.29, 0.717) is 24.1 Å². The van der Waals surface area contributed by atoms with Crippen LogP contribution < -0.4 is 4.74 Å². The van der Waals surface area contributed by atoms with Gasteiger partial charge in [0.25, 0.3) is 0 Å². The molecular weight excluding hydrogens is 302 g/mol. The first-order valence-electron chi connectivity index (χ1n) is 8.48. The smallest absolute Gasteiger partial charge is 0.325 e. The van der Waals surface area contributed by atoms with Crippen LogP contribution in [0.3, 0.4) is 0 Å². The van der Waals surface area contributed by atoms with E-state index < -0.39 is 11.4 Å². The van der Waals surface area contributed by atoms with E-state index in [2.05, 4.69) is 4.98 Å². The first-order valence-corrected chi connectivity index (χ1v) is 8.48. The van der Waals surface area contributed by atoms with E-state index in [-0.39, 0.29) is 17.1 Å². The topological polar surface area (TPSA) is 56.3 Å². The first-order chi connectivity index (χ1) is 11.4. The average Bonchev–Trinajstić information content (AvgIpc) is 2.90. The van der Waals surface area contributed by atoms with Crippen molar-refractivity contribution in [3.63, 3.8) is 0 Å². The number of para-hydroxylation sites is 1. The van der Waals surface area contributed by atoms with Crippen molar-refractivity contribution in [3.05, 3.63) is 36.0 Å². The molecule has 1 heterocycles. The predicted molar refractivity (Wildman–Crippen MR) is 90.7 cm³/mol. The van der Waals surface area contributed by atoms with Crippen LogP contribution in [0.5, 0.6) is 5.75 Å². The minimum atomic E-state index is -0.996. The molecule has 2 aliphatic carbocycles. The normalized spacial score (nSPS) is 27.6. The van der Waals surface area contributed by atoms with Crippen LogP contribution in [0.2, 0.25) is 0 Å². The van der Waals surface area contributed by atoms with Crippen LogP contribution in [0.4, 0.5) is 0 Å². The van der Waals surface area contributed by atoms with E-state index in [1.54, 1.807) is 6.07 Å².